The Hall–Kier alpha value is -0.190. The summed E-state index contributed by atoms with van der Waals surface area (Å²) in [6, 6.07) is 0. The van der Waals surface area contributed by atoms with Crippen LogP contribution in [0.4, 0.5) is 0 Å². The molecule has 86 valence electrons. The summed E-state index contributed by atoms with van der Waals surface area (Å²) >= 11 is 5.23. The summed E-state index contributed by atoms with van der Waals surface area (Å²) in [5, 5.41) is 6.65. The Kier molecular flexibility index (Phi) is 3.59. The largest absolute Gasteiger partial charge is 0.367 e. The van der Waals surface area contributed by atoms with Crippen LogP contribution in [0.3, 0.4) is 0 Å². The lowest BCUT2D eigenvalue weighted by molar-refractivity contribution is 0.0774. The monoisotopic (exact) mass is 227 g/mol. The third-order valence-corrected chi connectivity index (χ3v) is 3.65. The molecule has 2 saturated heterocycles. The van der Waals surface area contributed by atoms with Crippen molar-refractivity contribution in [3.8, 4) is 0 Å². The molecule has 15 heavy (non-hydrogen) atoms. The number of thiocarbonyl (C=S) groups is 1. The van der Waals surface area contributed by atoms with E-state index in [2.05, 4.69) is 29.4 Å². The predicted octanol–water partition coefficient (Wildman–Crippen LogP) is 1.16. The van der Waals surface area contributed by atoms with E-state index in [-0.39, 0.29) is 0 Å². The number of hydrogen-bond acceptors (Lipinski definition) is 3. The van der Waals surface area contributed by atoms with Crippen molar-refractivity contribution in [2.75, 3.05) is 19.8 Å². The zero-order chi connectivity index (χ0) is 10.8. The molecule has 3 atom stereocenters. The summed E-state index contributed by atoms with van der Waals surface area (Å²) in [5.74, 6) is 1.64. The van der Waals surface area contributed by atoms with Crippen molar-refractivity contribution >= 4 is 17.2 Å². The molecule has 0 radical (unpaired) electrons. The van der Waals surface area contributed by atoms with Crippen LogP contribution in [0.1, 0.15) is 26.7 Å². The summed E-state index contributed by atoms with van der Waals surface area (Å²) in [5.41, 5.74) is 0. The van der Waals surface area contributed by atoms with E-state index in [1.165, 1.54) is 19.5 Å². The first-order valence-electron chi connectivity index (χ1n) is 5.89. The van der Waals surface area contributed by atoms with Crippen LogP contribution in [0.25, 0.3) is 0 Å². The van der Waals surface area contributed by atoms with E-state index in [4.69, 9.17) is 12.2 Å². The Morgan fingerprint density at radius 2 is 1.93 bits per heavy atom. The first-order valence-corrected chi connectivity index (χ1v) is 6.30. The minimum absolute atomic E-state index is 0.462. The normalized spacial score (nSPS) is 38.8. The average Bonchev–Trinajstić information content (AvgIpc) is 2.16. The van der Waals surface area contributed by atoms with E-state index < -0.39 is 0 Å². The molecule has 3 unspecified atom stereocenters. The number of likely N-dealkylation sites (tertiary alicyclic amines) is 1. The highest BCUT2D eigenvalue weighted by Crippen LogP contribution is 2.23. The van der Waals surface area contributed by atoms with Crippen LogP contribution >= 0.6 is 12.2 Å². The summed E-state index contributed by atoms with van der Waals surface area (Å²) in [6.07, 6.45) is 2.80. The maximum absolute atomic E-state index is 5.23. The average molecular weight is 227 g/mol. The molecule has 0 saturated carbocycles. The number of rotatable bonds is 1. The van der Waals surface area contributed by atoms with Crippen molar-refractivity contribution in [1.29, 1.82) is 0 Å². The highest BCUT2D eigenvalue weighted by Gasteiger charge is 2.29. The van der Waals surface area contributed by atoms with Gasteiger partial charge in [0, 0.05) is 19.5 Å². The summed E-state index contributed by atoms with van der Waals surface area (Å²) in [7, 11) is 0. The van der Waals surface area contributed by atoms with Crippen LogP contribution < -0.4 is 10.6 Å². The van der Waals surface area contributed by atoms with Crippen molar-refractivity contribution < 1.29 is 0 Å². The topological polar surface area (TPSA) is 27.3 Å². The zero-order valence-electron chi connectivity index (χ0n) is 9.62. The SMILES string of the molecule is CC1CC(C)CN(C2CC(=S)NCN2)C1. The zero-order valence-corrected chi connectivity index (χ0v) is 10.4. The molecule has 2 rings (SSSR count). The minimum atomic E-state index is 0.462. The second-order valence-corrected chi connectivity index (χ2v) is 5.59. The summed E-state index contributed by atoms with van der Waals surface area (Å²) in [6.45, 7) is 7.95. The van der Waals surface area contributed by atoms with Gasteiger partial charge in [-0.3, -0.25) is 10.2 Å². The van der Waals surface area contributed by atoms with Gasteiger partial charge in [-0.25, -0.2) is 0 Å². The van der Waals surface area contributed by atoms with Gasteiger partial charge in [0.1, 0.15) is 0 Å². The van der Waals surface area contributed by atoms with Gasteiger partial charge in [-0.05, 0) is 18.3 Å². The molecule has 2 aliphatic heterocycles. The Balaban J connectivity index is 1.93. The third-order valence-electron chi connectivity index (χ3n) is 3.34. The maximum atomic E-state index is 5.23. The second kappa shape index (κ2) is 4.76. The highest BCUT2D eigenvalue weighted by atomic mass is 32.1. The molecular formula is C11H21N3S. The van der Waals surface area contributed by atoms with E-state index in [9.17, 15) is 0 Å². The molecule has 2 aliphatic rings. The van der Waals surface area contributed by atoms with Gasteiger partial charge in [0.05, 0.1) is 17.8 Å². The van der Waals surface area contributed by atoms with Gasteiger partial charge < -0.3 is 5.32 Å². The molecule has 4 heteroatoms. The molecule has 0 aliphatic carbocycles. The Morgan fingerprint density at radius 3 is 2.53 bits per heavy atom. The van der Waals surface area contributed by atoms with Crippen LogP contribution in [0.2, 0.25) is 0 Å². The van der Waals surface area contributed by atoms with E-state index in [0.717, 1.165) is 29.9 Å². The molecule has 3 nitrogen and oxygen atoms in total. The maximum Gasteiger partial charge on any atom is 0.0792 e. The van der Waals surface area contributed by atoms with Gasteiger partial charge in [-0.15, -0.1) is 0 Å². The van der Waals surface area contributed by atoms with Gasteiger partial charge in [0.2, 0.25) is 0 Å². The van der Waals surface area contributed by atoms with Crippen molar-refractivity contribution in [1.82, 2.24) is 15.5 Å². The van der Waals surface area contributed by atoms with Crippen LogP contribution in [-0.4, -0.2) is 35.8 Å². The number of piperidine rings is 1. The van der Waals surface area contributed by atoms with Crippen LogP contribution in [0.15, 0.2) is 0 Å². The number of hydrogen-bond donors (Lipinski definition) is 2. The number of nitrogens with one attached hydrogen (secondary N) is 2. The van der Waals surface area contributed by atoms with E-state index in [1.54, 1.807) is 0 Å². The third kappa shape index (κ3) is 2.89. The first kappa shape index (κ1) is 11.3. The molecule has 0 aromatic rings. The molecule has 0 amide bonds. The number of nitrogens with zero attached hydrogens (tertiary/aromatic N) is 1. The Morgan fingerprint density at radius 1 is 1.27 bits per heavy atom. The summed E-state index contributed by atoms with van der Waals surface area (Å²) < 4.78 is 0. The highest BCUT2D eigenvalue weighted by molar-refractivity contribution is 7.80. The van der Waals surface area contributed by atoms with Gasteiger partial charge in [0.15, 0.2) is 0 Å². The molecule has 0 bridgehead atoms. The van der Waals surface area contributed by atoms with E-state index in [0.29, 0.717) is 6.17 Å². The standard InChI is InChI=1S/C11H21N3S/c1-8-3-9(2)6-14(5-8)10-4-11(15)13-7-12-10/h8-10,12H,3-7H2,1-2H3,(H,13,15). The lowest BCUT2D eigenvalue weighted by atomic mass is 9.91. The van der Waals surface area contributed by atoms with Crippen molar-refractivity contribution in [2.24, 2.45) is 11.8 Å². The predicted molar refractivity (Wildman–Crippen MR) is 66.7 cm³/mol. The molecule has 0 aromatic carbocycles. The Bertz CT molecular complexity index is 234. The second-order valence-electron chi connectivity index (χ2n) is 5.10. The molecule has 2 fully saturated rings. The molecule has 0 spiro atoms. The molecule has 2 N–H and O–H groups in total. The molecule has 0 aromatic heterocycles. The lowest BCUT2D eigenvalue weighted by Crippen LogP contribution is -2.58. The molecule has 2 heterocycles. The van der Waals surface area contributed by atoms with Gasteiger partial charge in [-0.1, -0.05) is 26.1 Å². The fourth-order valence-corrected chi connectivity index (χ4v) is 3.04. The first-order chi connectivity index (χ1) is 7.15. The fourth-order valence-electron chi connectivity index (χ4n) is 2.81. The van der Waals surface area contributed by atoms with Crippen LogP contribution in [0.5, 0.6) is 0 Å². The van der Waals surface area contributed by atoms with Gasteiger partial charge >= 0.3 is 0 Å². The summed E-state index contributed by atoms with van der Waals surface area (Å²) in [4.78, 5) is 3.57. The van der Waals surface area contributed by atoms with E-state index in [1.807, 2.05) is 0 Å². The lowest BCUT2D eigenvalue weighted by Gasteiger charge is -2.42. The van der Waals surface area contributed by atoms with Crippen LogP contribution in [0, 0.1) is 11.8 Å². The van der Waals surface area contributed by atoms with Crippen molar-refractivity contribution in [3.05, 3.63) is 0 Å². The van der Waals surface area contributed by atoms with E-state index >= 15 is 0 Å². The Labute approximate surface area is 97.6 Å². The quantitative estimate of drug-likeness (QED) is 0.657. The fraction of sp³-hybridized carbons (Fsp3) is 0.909. The van der Waals surface area contributed by atoms with Gasteiger partial charge in [-0.2, -0.15) is 0 Å². The van der Waals surface area contributed by atoms with Crippen molar-refractivity contribution in [2.45, 2.75) is 32.9 Å². The van der Waals surface area contributed by atoms with Crippen molar-refractivity contribution in [3.63, 3.8) is 0 Å². The van der Waals surface area contributed by atoms with Gasteiger partial charge in [0.25, 0.3) is 0 Å². The smallest absolute Gasteiger partial charge is 0.0792 e. The molecular weight excluding hydrogens is 206 g/mol. The minimum Gasteiger partial charge on any atom is -0.367 e. The van der Waals surface area contributed by atoms with Crippen LogP contribution in [-0.2, 0) is 0 Å².